The van der Waals surface area contributed by atoms with Crippen LogP contribution in [0.1, 0.15) is 49.6 Å². The first-order chi connectivity index (χ1) is 11.1. The summed E-state index contributed by atoms with van der Waals surface area (Å²) < 4.78 is 2.38. The fourth-order valence-corrected chi connectivity index (χ4v) is 3.73. The molecule has 0 saturated carbocycles. The summed E-state index contributed by atoms with van der Waals surface area (Å²) in [6.07, 6.45) is 6.00. The predicted molar refractivity (Wildman–Crippen MR) is 95.8 cm³/mol. The number of fused-ring (bicyclic) bond motifs is 3. The van der Waals surface area contributed by atoms with Crippen LogP contribution in [0.2, 0.25) is 0 Å². The van der Waals surface area contributed by atoms with Gasteiger partial charge in [-0.1, -0.05) is 31.5 Å². The third-order valence-electron chi connectivity index (χ3n) is 4.96. The molecule has 23 heavy (non-hydrogen) atoms. The van der Waals surface area contributed by atoms with Crippen molar-refractivity contribution in [3.05, 3.63) is 41.2 Å². The summed E-state index contributed by atoms with van der Waals surface area (Å²) in [6, 6.07) is 8.20. The lowest BCUT2D eigenvalue weighted by Crippen LogP contribution is -2.11. The van der Waals surface area contributed by atoms with Crippen LogP contribution in [0.4, 0.5) is 5.69 Å². The molecule has 2 aromatic rings. The Kier molecular flexibility index (Phi) is 4.56. The average Bonchev–Trinajstić information content (AvgIpc) is 2.80. The molecule has 1 aromatic heterocycles. The molecule has 1 aromatic carbocycles. The molecule has 3 nitrogen and oxygen atoms in total. The maximum atomic E-state index is 12.1. The Morgan fingerprint density at radius 1 is 1.22 bits per heavy atom. The van der Waals surface area contributed by atoms with Crippen molar-refractivity contribution < 1.29 is 4.79 Å². The van der Waals surface area contributed by atoms with E-state index in [1.807, 2.05) is 12.1 Å². The highest BCUT2D eigenvalue weighted by Crippen LogP contribution is 2.38. The number of nitrogens with zero attached hydrogens (tertiary/aromatic N) is 1. The van der Waals surface area contributed by atoms with Gasteiger partial charge in [0.25, 0.3) is 0 Å². The van der Waals surface area contributed by atoms with Crippen molar-refractivity contribution in [2.24, 2.45) is 7.05 Å². The Morgan fingerprint density at radius 2 is 2.00 bits per heavy atom. The number of nitrogens with one attached hydrogen (secondary N) is 1. The molecule has 0 unspecified atom stereocenters. The Morgan fingerprint density at radius 3 is 2.78 bits per heavy atom. The number of hydrogen-bond donors (Lipinski definition) is 1. The molecule has 3 rings (SSSR count). The summed E-state index contributed by atoms with van der Waals surface area (Å²) in [4.78, 5) is 12.1. The van der Waals surface area contributed by atoms with Crippen molar-refractivity contribution in [3.63, 3.8) is 0 Å². The van der Waals surface area contributed by atoms with Crippen LogP contribution in [0.3, 0.4) is 0 Å². The van der Waals surface area contributed by atoms with Gasteiger partial charge in [0.1, 0.15) is 0 Å². The second kappa shape index (κ2) is 6.61. The van der Waals surface area contributed by atoms with Crippen molar-refractivity contribution in [1.82, 2.24) is 4.57 Å². The van der Waals surface area contributed by atoms with E-state index in [-0.39, 0.29) is 5.91 Å². The molecular weight excluding hydrogens is 284 g/mol. The minimum absolute atomic E-state index is 0.120. The molecule has 0 atom stereocenters. The minimum Gasteiger partial charge on any atom is -0.351 e. The minimum atomic E-state index is 0.120. The van der Waals surface area contributed by atoms with Gasteiger partial charge in [-0.2, -0.15) is 0 Å². The van der Waals surface area contributed by atoms with Gasteiger partial charge >= 0.3 is 0 Å². The van der Waals surface area contributed by atoms with Crippen molar-refractivity contribution in [3.8, 4) is 11.1 Å². The van der Waals surface area contributed by atoms with Gasteiger partial charge < -0.3 is 9.88 Å². The summed E-state index contributed by atoms with van der Waals surface area (Å²) in [5.41, 5.74) is 7.62. The largest absolute Gasteiger partial charge is 0.351 e. The number of aromatic nitrogens is 1. The van der Waals surface area contributed by atoms with Gasteiger partial charge in [-0.15, -0.1) is 0 Å². The van der Waals surface area contributed by atoms with Gasteiger partial charge in [-0.3, -0.25) is 4.79 Å². The Hall–Kier alpha value is -2.03. The Labute approximate surface area is 138 Å². The van der Waals surface area contributed by atoms with Gasteiger partial charge in [0.15, 0.2) is 0 Å². The smallest absolute Gasteiger partial charge is 0.224 e. The quantitative estimate of drug-likeness (QED) is 0.882. The summed E-state index contributed by atoms with van der Waals surface area (Å²) in [7, 11) is 2.19. The van der Waals surface area contributed by atoms with Crippen LogP contribution in [0.15, 0.2) is 24.3 Å². The molecule has 0 fully saturated rings. The number of benzene rings is 1. The summed E-state index contributed by atoms with van der Waals surface area (Å²) in [6.45, 7) is 4.48. The lowest BCUT2D eigenvalue weighted by Gasteiger charge is -2.11. The average molecular weight is 310 g/mol. The molecule has 0 spiro atoms. The van der Waals surface area contributed by atoms with Crippen LogP contribution in [0.25, 0.3) is 11.1 Å². The van der Waals surface area contributed by atoms with Gasteiger partial charge in [-0.25, -0.2) is 0 Å². The Bertz CT molecular complexity index is 727. The Balaban J connectivity index is 2.19. The van der Waals surface area contributed by atoms with E-state index in [1.54, 1.807) is 0 Å². The van der Waals surface area contributed by atoms with Crippen LogP contribution in [0.5, 0.6) is 0 Å². The molecule has 1 aliphatic rings. The zero-order valence-corrected chi connectivity index (χ0v) is 14.4. The number of rotatable bonds is 3. The standard InChI is InChI=1S/C20H26N2O/c1-4-5-11-17-14(2)20-15-9-6-7-10-16(15)21-19(23)13-8-12-18(20)22(17)3/h6-7,9-10H,4-5,8,11-13H2,1-3H3,(H,21,23). The zero-order chi connectivity index (χ0) is 16.4. The lowest BCUT2D eigenvalue weighted by molar-refractivity contribution is -0.116. The third kappa shape index (κ3) is 2.92. The fourth-order valence-electron chi connectivity index (χ4n) is 3.73. The normalized spacial score (nSPS) is 14.3. The number of amides is 1. The summed E-state index contributed by atoms with van der Waals surface area (Å²) >= 11 is 0. The highest BCUT2D eigenvalue weighted by molar-refractivity contribution is 5.96. The van der Waals surface area contributed by atoms with Gasteiger partial charge in [-0.05, 0) is 44.2 Å². The van der Waals surface area contributed by atoms with Crippen LogP contribution in [0, 0.1) is 6.92 Å². The number of para-hydroxylation sites is 1. The number of hydrogen-bond acceptors (Lipinski definition) is 1. The van der Waals surface area contributed by atoms with Crippen LogP contribution in [-0.4, -0.2) is 10.5 Å². The number of carbonyl (C=O) groups is 1. The first-order valence-electron chi connectivity index (χ1n) is 8.69. The van der Waals surface area contributed by atoms with E-state index in [9.17, 15) is 4.79 Å². The molecule has 3 heteroatoms. The maximum absolute atomic E-state index is 12.1. The van der Waals surface area contributed by atoms with Crippen LogP contribution >= 0.6 is 0 Å². The number of carbonyl (C=O) groups excluding carboxylic acids is 1. The van der Waals surface area contributed by atoms with Crippen molar-refractivity contribution in [1.29, 1.82) is 0 Å². The van der Waals surface area contributed by atoms with E-state index < -0.39 is 0 Å². The van der Waals surface area contributed by atoms with Gasteiger partial charge in [0.05, 0.1) is 0 Å². The molecule has 0 saturated heterocycles. The van der Waals surface area contributed by atoms with E-state index >= 15 is 0 Å². The molecule has 2 heterocycles. The molecule has 1 N–H and O–H groups in total. The molecule has 122 valence electrons. The van der Waals surface area contributed by atoms with E-state index in [4.69, 9.17) is 0 Å². The molecule has 1 amide bonds. The van der Waals surface area contributed by atoms with E-state index in [1.165, 1.54) is 35.4 Å². The maximum Gasteiger partial charge on any atom is 0.224 e. The molecule has 0 radical (unpaired) electrons. The second-order valence-electron chi connectivity index (χ2n) is 6.50. The van der Waals surface area contributed by atoms with Crippen molar-refractivity contribution >= 4 is 11.6 Å². The molecule has 0 aliphatic carbocycles. The first kappa shape index (κ1) is 15.9. The van der Waals surface area contributed by atoms with Gasteiger partial charge in [0.2, 0.25) is 5.91 Å². The SMILES string of the molecule is CCCCc1c(C)c2c(n1C)CCCC(=O)Nc1ccccc1-2. The first-order valence-corrected chi connectivity index (χ1v) is 8.69. The molecule has 0 bridgehead atoms. The number of anilines is 1. The monoisotopic (exact) mass is 310 g/mol. The summed E-state index contributed by atoms with van der Waals surface area (Å²) in [5, 5.41) is 3.09. The van der Waals surface area contributed by atoms with Crippen molar-refractivity contribution in [2.75, 3.05) is 5.32 Å². The van der Waals surface area contributed by atoms with E-state index in [0.29, 0.717) is 6.42 Å². The second-order valence-corrected chi connectivity index (χ2v) is 6.50. The molecule has 1 aliphatic heterocycles. The van der Waals surface area contributed by atoms with E-state index in [0.717, 1.165) is 30.5 Å². The lowest BCUT2D eigenvalue weighted by atomic mass is 9.97. The number of unbranched alkanes of at least 4 members (excludes halogenated alkanes) is 1. The summed E-state index contributed by atoms with van der Waals surface area (Å²) in [5.74, 6) is 0.120. The van der Waals surface area contributed by atoms with Gasteiger partial charge in [0, 0.05) is 41.7 Å². The van der Waals surface area contributed by atoms with E-state index in [2.05, 4.69) is 42.9 Å². The predicted octanol–water partition coefficient (Wildman–Crippen LogP) is 4.62. The van der Waals surface area contributed by atoms with Crippen LogP contribution < -0.4 is 5.32 Å². The fraction of sp³-hybridized carbons (Fsp3) is 0.450. The zero-order valence-electron chi connectivity index (χ0n) is 14.4. The third-order valence-corrected chi connectivity index (χ3v) is 4.96. The van der Waals surface area contributed by atoms with Crippen LogP contribution in [-0.2, 0) is 24.7 Å². The highest BCUT2D eigenvalue weighted by atomic mass is 16.1. The van der Waals surface area contributed by atoms with Crippen molar-refractivity contribution in [2.45, 2.75) is 52.4 Å². The molecular formula is C20H26N2O. The highest BCUT2D eigenvalue weighted by Gasteiger charge is 2.22. The topological polar surface area (TPSA) is 34.0 Å².